The molecule has 1 aromatic heterocycles. The van der Waals surface area contributed by atoms with Gasteiger partial charge in [-0.15, -0.1) is 0 Å². The molecule has 0 fully saturated rings. The second-order valence-corrected chi connectivity index (χ2v) is 4.20. The Hall–Kier alpha value is -3.11. The van der Waals surface area contributed by atoms with Crippen molar-refractivity contribution in [1.82, 2.24) is 4.98 Å². The molecule has 88 valence electrons. The van der Waals surface area contributed by atoms with Crippen LogP contribution in [0.4, 0.5) is 0 Å². The van der Waals surface area contributed by atoms with E-state index >= 15 is 0 Å². The molecular weight excluding hydrogens is 238 g/mol. The second-order valence-electron chi connectivity index (χ2n) is 4.20. The van der Waals surface area contributed by atoms with Gasteiger partial charge in [-0.25, -0.2) is 0 Å². The Balaban J connectivity index is 2.50. The van der Waals surface area contributed by atoms with Crippen LogP contribution >= 0.6 is 0 Å². The molecule has 0 radical (unpaired) electrons. The van der Waals surface area contributed by atoms with Gasteiger partial charge in [0.1, 0.15) is 0 Å². The molecule has 0 aliphatic rings. The second kappa shape index (κ2) is 3.97. The van der Waals surface area contributed by atoms with Crippen LogP contribution in [0.25, 0.3) is 21.8 Å². The van der Waals surface area contributed by atoms with E-state index in [-0.39, 0.29) is 5.43 Å². The molecule has 0 spiro atoms. The predicted molar refractivity (Wildman–Crippen MR) is 71.5 cm³/mol. The van der Waals surface area contributed by atoms with Crippen molar-refractivity contribution in [2.75, 3.05) is 0 Å². The maximum Gasteiger partial charge on any atom is 0.197 e. The van der Waals surface area contributed by atoms with E-state index in [1.54, 1.807) is 36.4 Å². The first-order chi connectivity index (χ1) is 9.22. The van der Waals surface area contributed by atoms with Crippen LogP contribution in [-0.4, -0.2) is 4.98 Å². The average Bonchev–Trinajstić information content (AvgIpc) is 2.46. The summed E-state index contributed by atoms with van der Waals surface area (Å²) < 4.78 is 0. The van der Waals surface area contributed by atoms with Gasteiger partial charge in [-0.2, -0.15) is 10.5 Å². The Morgan fingerprint density at radius 3 is 2.26 bits per heavy atom. The highest BCUT2D eigenvalue weighted by atomic mass is 16.1. The molecule has 3 aromatic rings. The molecule has 0 aliphatic carbocycles. The zero-order valence-electron chi connectivity index (χ0n) is 9.77. The number of hydrogen-bond donors (Lipinski definition) is 1. The van der Waals surface area contributed by atoms with Crippen molar-refractivity contribution in [3.63, 3.8) is 0 Å². The quantitative estimate of drug-likeness (QED) is 0.617. The summed E-state index contributed by atoms with van der Waals surface area (Å²) in [7, 11) is 0. The van der Waals surface area contributed by atoms with Crippen LogP contribution < -0.4 is 5.43 Å². The third kappa shape index (κ3) is 1.64. The van der Waals surface area contributed by atoms with Crippen LogP contribution in [0.5, 0.6) is 0 Å². The minimum Gasteiger partial charge on any atom is -0.354 e. The van der Waals surface area contributed by atoms with Crippen molar-refractivity contribution in [3.05, 3.63) is 57.7 Å². The van der Waals surface area contributed by atoms with Gasteiger partial charge in [0.25, 0.3) is 0 Å². The Kier molecular flexibility index (Phi) is 2.30. The Labute approximate surface area is 108 Å². The van der Waals surface area contributed by atoms with Crippen LogP contribution in [-0.2, 0) is 0 Å². The number of aromatic nitrogens is 1. The number of hydrogen-bond acceptors (Lipinski definition) is 3. The lowest BCUT2D eigenvalue weighted by atomic mass is 10.1. The molecule has 1 N–H and O–H groups in total. The van der Waals surface area contributed by atoms with Crippen molar-refractivity contribution in [3.8, 4) is 12.1 Å². The number of fused-ring (bicyclic) bond motifs is 2. The highest BCUT2D eigenvalue weighted by Gasteiger charge is 2.06. The molecule has 2 aromatic carbocycles. The van der Waals surface area contributed by atoms with Gasteiger partial charge in [-0.05, 0) is 36.4 Å². The maximum absolute atomic E-state index is 12.3. The third-order valence-electron chi connectivity index (χ3n) is 3.06. The van der Waals surface area contributed by atoms with Crippen LogP contribution in [0.15, 0.2) is 41.2 Å². The largest absolute Gasteiger partial charge is 0.354 e. The van der Waals surface area contributed by atoms with E-state index in [9.17, 15) is 4.79 Å². The van der Waals surface area contributed by atoms with Crippen LogP contribution in [0, 0.1) is 22.7 Å². The molecule has 0 saturated carbocycles. The smallest absolute Gasteiger partial charge is 0.197 e. The van der Waals surface area contributed by atoms with E-state index in [2.05, 4.69) is 4.98 Å². The van der Waals surface area contributed by atoms with Crippen molar-refractivity contribution < 1.29 is 0 Å². The third-order valence-corrected chi connectivity index (χ3v) is 3.06. The lowest BCUT2D eigenvalue weighted by Crippen LogP contribution is -2.04. The Morgan fingerprint density at radius 1 is 0.842 bits per heavy atom. The number of nitrogens with zero attached hydrogens (tertiary/aromatic N) is 2. The van der Waals surface area contributed by atoms with Gasteiger partial charge in [0.05, 0.1) is 28.8 Å². The minimum absolute atomic E-state index is 0.134. The van der Waals surface area contributed by atoms with E-state index in [4.69, 9.17) is 10.5 Å². The predicted octanol–water partition coefficient (Wildman–Crippen LogP) is 2.42. The molecule has 1 heterocycles. The van der Waals surface area contributed by atoms with Crippen molar-refractivity contribution >= 4 is 21.8 Å². The molecule has 3 rings (SSSR count). The normalized spacial score (nSPS) is 10.2. The highest BCUT2D eigenvalue weighted by Crippen LogP contribution is 2.17. The summed E-state index contributed by atoms with van der Waals surface area (Å²) in [5.41, 5.74) is 2.10. The van der Waals surface area contributed by atoms with Gasteiger partial charge in [-0.1, -0.05) is 0 Å². The van der Waals surface area contributed by atoms with Gasteiger partial charge in [-0.3, -0.25) is 4.79 Å². The number of nitrogens with one attached hydrogen (secondary N) is 1. The van der Waals surface area contributed by atoms with Gasteiger partial charge in [0, 0.05) is 16.3 Å². The number of H-pyrrole nitrogens is 1. The molecule has 4 nitrogen and oxygen atoms in total. The molecule has 0 bridgehead atoms. The summed E-state index contributed by atoms with van der Waals surface area (Å²) in [5.74, 6) is 0. The summed E-state index contributed by atoms with van der Waals surface area (Å²) in [4.78, 5) is 15.5. The molecule has 0 aliphatic heterocycles. The molecule has 0 atom stereocenters. The van der Waals surface area contributed by atoms with Crippen molar-refractivity contribution in [1.29, 1.82) is 10.5 Å². The van der Waals surface area contributed by atoms with Crippen LogP contribution in [0.2, 0.25) is 0 Å². The standard InChI is InChI=1S/C15H7N3O/c16-7-9-2-4-13-12(5-9)15(19)11-3-1-10(8-17)6-14(11)18-13/h1-6H,(H,18,19). The van der Waals surface area contributed by atoms with E-state index in [0.717, 1.165) is 0 Å². The zero-order valence-corrected chi connectivity index (χ0v) is 9.77. The van der Waals surface area contributed by atoms with Gasteiger partial charge < -0.3 is 4.98 Å². The summed E-state index contributed by atoms with van der Waals surface area (Å²) in [5, 5.41) is 18.7. The number of nitriles is 2. The SMILES string of the molecule is N#Cc1ccc2c(=O)c3cc(C#N)ccc3[nH]c2c1. The summed E-state index contributed by atoms with van der Waals surface area (Å²) in [6, 6.07) is 13.9. The van der Waals surface area contributed by atoms with E-state index in [1.807, 2.05) is 12.1 Å². The zero-order chi connectivity index (χ0) is 13.4. The number of benzene rings is 2. The topological polar surface area (TPSA) is 80.4 Å². The summed E-state index contributed by atoms with van der Waals surface area (Å²) >= 11 is 0. The first kappa shape index (κ1) is 11.0. The summed E-state index contributed by atoms with van der Waals surface area (Å²) in [6.45, 7) is 0. The van der Waals surface area contributed by atoms with Gasteiger partial charge in [0.2, 0.25) is 0 Å². The lowest BCUT2D eigenvalue weighted by molar-refractivity contribution is 1.44. The molecule has 19 heavy (non-hydrogen) atoms. The first-order valence-corrected chi connectivity index (χ1v) is 5.63. The fourth-order valence-corrected chi connectivity index (χ4v) is 2.12. The number of aromatic amines is 1. The van der Waals surface area contributed by atoms with E-state index < -0.39 is 0 Å². The molecular formula is C15H7N3O. The average molecular weight is 245 g/mol. The fraction of sp³-hybridized carbons (Fsp3) is 0. The molecule has 0 unspecified atom stereocenters. The van der Waals surface area contributed by atoms with Crippen molar-refractivity contribution in [2.45, 2.75) is 0 Å². The van der Waals surface area contributed by atoms with Crippen LogP contribution in [0.3, 0.4) is 0 Å². The van der Waals surface area contributed by atoms with Crippen LogP contribution in [0.1, 0.15) is 11.1 Å². The monoisotopic (exact) mass is 245 g/mol. The Bertz CT molecular complexity index is 955. The van der Waals surface area contributed by atoms with Gasteiger partial charge in [0.15, 0.2) is 5.43 Å². The van der Waals surface area contributed by atoms with Gasteiger partial charge >= 0.3 is 0 Å². The molecule has 0 amide bonds. The molecule has 4 heteroatoms. The molecule has 0 saturated heterocycles. The minimum atomic E-state index is -0.134. The maximum atomic E-state index is 12.3. The van der Waals surface area contributed by atoms with Crippen molar-refractivity contribution in [2.24, 2.45) is 0 Å². The van der Waals surface area contributed by atoms with E-state index in [1.165, 1.54) is 0 Å². The highest BCUT2D eigenvalue weighted by molar-refractivity contribution is 5.93. The van der Waals surface area contributed by atoms with E-state index in [0.29, 0.717) is 32.9 Å². The first-order valence-electron chi connectivity index (χ1n) is 5.63. The lowest BCUT2D eigenvalue weighted by Gasteiger charge is -2.03. The summed E-state index contributed by atoms with van der Waals surface area (Å²) in [6.07, 6.45) is 0. The number of pyridine rings is 1. The number of rotatable bonds is 0. The Morgan fingerprint density at radius 2 is 1.53 bits per heavy atom. The fourth-order valence-electron chi connectivity index (χ4n) is 2.12.